The minimum Gasteiger partial charge on any atom is -0.384 e. The molecule has 0 aliphatic heterocycles. The number of aromatic nitrogens is 1. The van der Waals surface area contributed by atoms with Crippen molar-refractivity contribution in [2.45, 2.75) is 116 Å². The van der Waals surface area contributed by atoms with Crippen molar-refractivity contribution in [2.75, 3.05) is 6.54 Å². The van der Waals surface area contributed by atoms with E-state index >= 15 is 0 Å². The standard InChI is InChI=1S/C25H44N2O2/c1-3-4-5-6-7-8-9-10-11-12-13-14-15-18-21-27(25(29)23(2)28)22-24-19-16-17-20-26-24/h16-17,19-20,23,28H,3-15,18,21-22H2,1-2H3/t23-/m0/s1. The smallest absolute Gasteiger partial charge is 0.251 e. The molecule has 1 aromatic heterocycles. The summed E-state index contributed by atoms with van der Waals surface area (Å²) in [6.45, 7) is 4.98. The van der Waals surface area contributed by atoms with Crippen molar-refractivity contribution in [3.05, 3.63) is 30.1 Å². The zero-order valence-corrected chi connectivity index (χ0v) is 19.0. The first-order valence-corrected chi connectivity index (χ1v) is 12.0. The number of carbonyl (C=O) groups excluding carboxylic acids is 1. The fourth-order valence-electron chi connectivity index (χ4n) is 3.72. The Kier molecular flexibility index (Phi) is 15.4. The van der Waals surface area contributed by atoms with Crippen LogP contribution in [0.4, 0.5) is 0 Å². The summed E-state index contributed by atoms with van der Waals surface area (Å²) in [5.41, 5.74) is 0.867. The number of nitrogens with zero attached hydrogens (tertiary/aromatic N) is 2. The van der Waals surface area contributed by atoms with Gasteiger partial charge in [0.05, 0.1) is 12.2 Å². The largest absolute Gasteiger partial charge is 0.384 e. The Bertz CT molecular complexity index is 505. The number of hydrogen-bond donors (Lipinski definition) is 1. The van der Waals surface area contributed by atoms with Crippen LogP contribution in [0.5, 0.6) is 0 Å². The van der Waals surface area contributed by atoms with Gasteiger partial charge in [0, 0.05) is 12.7 Å². The van der Waals surface area contributed by atoms with Crippen LogP contribution in [-0.4, -0.2) is 33.5 Å². The molecule has 0 aromatic carbocycles. The Balaban J connectivity index is 2.05. The summed E-state index contributed by atoms with van der Waals surface area (Å²) in [5.74, 6) is -0.203. The van der Waals surface area contributed by atoms with Crippen LogP contribution in [0.2, 0.25) is 0 Å². The molecule has 1 aromatic rings. The van der Waals surface area contributed by atoms with E-state index in [2.05, 4.69) is 11.9 Å². The molecule has 0 spiro atoms. The van der Waals surface area contributed by atoms with Gasteiger partial charge in [-0.05, 0) is 25.5 Å². The summed E-state index contributed by atoms with van der Waals surface area (Å²) >= 11 is 0. The quantitative estimate of drug-likeness (QED) is 0.293. The summed E-state index contributed by atoms with van der Waals surface area (Å²) in [7, 11) is 0. The molecule has 0 saturated heterocycles. The van der Waals surface area contributed by atoms with Crippen LogP contribution in [-0.2, 0) is 11.3 Å². The van der Waals surface area contributed by atoms with E-state index in [1.165, 1.54) is 77.0 Å². The average molecular weight is 405 g/mol. The van der Waals surface area contributed by atoms with Gasteiger partial charge in [0.2, 0.25) is 0 Å². The van der Waals surface area contributed by atoms with Gasteiger partial charge in [-0.2, -0.15) is 0 Å². The maximum Gasteiger partial charge on any atom is 0.251 e. The van der Waals surface area contributed by atoms with Gasteiger partial charge in [-0.25, -0.2) is 0 Å². The molecule has 1 heterocycles. The highest BCUT2D eigenvalue weighted by Gasteiger charge is 2.18. The van der Waals surface area contributed by atoms with Gasteiger partial charge >= 0.3 is 0 Å². The molecule has 0 aliphatic rings. The highest BCUT2D eigenvalue weighted by Crippen LogP contribution is 2.13. The molecule has 1 N–H and O–H groups in total. The van der Waals surface area contributed by atoms with Crippen molar-refractivity contribution in [1.82, 2.24) is 9.88 Å². The van der Waals surface area contributed by atoms with Crippen molar-refractivity contribution in [1.29, 1.82) is 0 Å². The maximum atomic E-state index is 12.3. The van der Waals surface area contributed by atoms with Crippen molar-refractivity contribution in [3.8, 4) is 0 Å². The maximum absolute atomic E-state index is 12.3. The van der Waals surface area contributed by atoms with E-state index in [9.17, 15) is 9.90 Å². The van der Waals surface area contributed by atoms with Gasteiger partial charge in [0.1, 0.15) is 6.10 Å². The monoisotopic (exact) mass is 404 g/mol. The Hall–Kier alpha value is -1.42. The second kappa shape index (κ2) is 17.4. The van der Waals surface area contributed by atoms with Crippen LogP contribution in [0.15, 0.2) is 24.4 Å². The molecule has 166 valence electrons. The van der Waals surface area contributed by atoms with Gasteiger partial charge in [-0.1, -0.05) is 96.5 Å². The number of aliphatic hydroxyl groups is 1. The lowest BCUT2D eigenvalue weighted by atomic mass is 10.0. The minimum atomic E-state index is -0.953. The van der Waals surface area contributed by atoms with Crippen LogP contribution in [0.1, 0.15) is 109 Å². The summed E-state index contributed by atoms with van der Waals surface area (Å²) in [6.07, 6.45) is 19.3. The summed E-state index contributed by atoms with van der Waals surface area (Å²) < 4.78 is 0. The third kappa shape index (κ3) is 13.4. The normalized spacial score (nSPS) is 12.1. The molecule has 4 nitrogen and oxygen atoms in total. The topological polar surface area (TPSA) is 53.4 Å². The molecule has 1 amide bonds. The number of carbonyl (C=O) groups is 1. The van der Waals surface area contributed by atoms with E-state index < -0.39 is 6.10 Å². The number of pyridine rings is 1. The van der Waals surface area contributed by atoms with E-state index in [1.807, 2.05) is 18.2 Å². The highest BCUT2D eigenvalue weighted by molar-refractivity contribution is 5.80. The molecule has 0 radical (unpaired) electrons. The summed E-state index contributed by atoms with van der Waals surface area (Å²) in [6, 6.07) is 5.73. The Morgan fingerprint density at radius 3 is 1.86 bits per heavy atom. The molecule has 29 heavy (non-hydrogen) atoms. The first-order chi connectivity index (χ1) is 14.1. The predicted molar refractivity (Wildman–Crippen MR) is 122 cm³/mol. The van der Waals surface area contributed by atoms with Crippen LogP contribution >= 0.6 is 0 Å². The predicted octanol–water partition coefficient (Wildman–Crippen LogP) is 6.27. The number of hydrogen-bond acceptors (Lipinski definition) is 3. The lowest BCUT2D eigenvalue weighted by Crippen LogP contribution is -2.38. The van der Waals surface area contributed by atoms with Gasteiger partial charge in [-0.3, -0.25) is 9.78 Å². The van der Waals surface area contributed by atoms with Gasteiger partial charge in [-0.15, -0.1) is 0 Å². The molecular formula is C25H44N2O2. The van der Waals surface area contributed by atoms with Crippen LogP contribution in [0.3, 0.4) is 0 Å². The van der Waals surface area contributed by atoms with Gasteiger partial charge < -0.3 is 10.0 Å². The summed E-state index contributed by atoms with van der Waals surface area (Å²) in [4.78, 5) is 18.3. The van der Waals surface area contributed by atoms with Crippen LogP contribution < -0.4 is 0 Å². The summed E-state index contributed by atoms with van der Waals surface area (Å²) in [5, 5.41) is 9.67. The molecule has 0 aliphatic carbocycles. The second-order valence-electron chi connectivity index (χ2n) is 8.35. The zero-order chi connectivity index (χ0) is 21.2. The Morgan fingerprint density at radius 2 is 1.41 bits per heavy atom. The van der Waals surface area contributed by atoms with Gasteiger partial charge in [0.15, 0.2) is 0 Å². The van der Waals surface area contributed by atoms with Crippen molar-refractivity contribution in [3.63, 3.8) is 0 Å². The number of unbranched alkanes of at least 4 members (excludes halogenated alkanes) is 13. The van der Waals surface area contributed by atoms with E-state index in [-0.39, 0.29) is 5.91 Å². The molecule has 4 heteroatoms. The SMILES string of the molecule is CCCCCCCCCCCCCCCCN(Cc1ccccn1)C(=O)[C@H](C)O. The third-order valence-electron chi connectivity index (χ3n) is 5.53. The van der Waals surface area contributed by atoms with E-state index in [0.29, 0.717) is 13.1 Å². The molecule has 0 saturated carbocycles. The first kappa shape index (κ1) is 25.6. The van der Waals surface area contributed by atoms with Crippen molar-refractivity contribution >= 4 is 5.91 Å². The van der Waals surface area contributed by atoms with Crippen molar-refractivity contribution in [2.24, 2.45) is 0 Å². The highest BCUT2D eigenvalue weighted by atomic mass is 16.3. The Morgan fingerprint density at radius 1 is 0.897 bits per heavy atom. The first-order valence-electron chi connectivity index (χ1n) is 12.0. The third-order valence-corrected chi connectivity index (χ3v) is 5.53. The molecular weight excluding hydrogens is 360 g/mol. The minimum absolute atomic E-state index is 0.203. The fraction of sp³-hybridized carbons (Fsp3) is 0.760. The molecule has 1 rings (SSSR count). The number of aliphatic hydroxyl groups excluding tert-OH is 1. The van der Waals surface area contributed by atoms with Gasteiger partial charge in [0.25, 0.3) is 5.91 Å². The lowest BCUT2D eigenvalue weighted by Gasteiger charge is -2.23. The molecule has 0 unspecified atom stereocenters. The van der Waals surface area contributed by atoms with Crippen LogP contribution in [0, 0.1) is 0 Å². The van der Waals surface area contributed by atoms with E-state index in [0.717, 1.165) is 18.5 Å². The molecule has 0 bridgehead atoms. The molecule has 0 fully saturated rings. The average Bonchev–Trinajstić information content (AvgIpc) is 2.73. The second-order valence-corrected chi connectivity index (χ2v) is 8.35. The number of rotatable bonds is 18. The van der Waals surface area contributed by atoms with Crippen LogP contribution in [0.25, 0.3) is 0 Å². The van der Waals surface area contributed by atoms with Crippen molar-refractivity contribution < 1.29 is 9.90 Å². The molecule has 1 atom stereocenters. The Labute approximate surface area is 179 Å². The van der Waals surface area contributed by atoms with E-state index in [4.69, 9.17) is 0 Å². The number of amides is 1. The lowest BCUT2D eigenvalue weighted by molar-refractivity contribution is -0.140. The zero-order valence-electron chi connectivity index (χ0n) is 19.0. The van der Waals surface area contributed by atoms with E-state index in [1.54, 1.807) is 18.0 Å². The fourth-order valence-corrected chi connectivity index (χ4v) is 3.72.